The Balaban J connectivity index is 1.94. The minimum atomic E-state index is -0.0239. The second-order valence-electron chi connectivity index (χ2n) is 6.57. The molecule has 0 N–H and O–H groups in total. The van der Waals surface area contributed by atoms with E-state index in [-0.39, 0.29) is 5.91 Å². The number of methoxy groups -OCH3 is 1. The molecule has 2 aromatic carbocycles. The molecule has 6 heteroatoms. The zero-order chi connectivity index (χ0) is 19.4. The van der Waals surface area contributed by atoms with Crippen molar-refractivity contribution in [1.29, 1.82) is 0 Å². The third kappa shape index (κ3) is 4.93. The highest BCUT2D eigenvalue weighted by atomic mass is 35.5. The molecule has 1 amide bonds. The van der Waals surface area contributed by atoms with E-state index >= 15 is 0 Å². The maximum Gasteiger partial charge on any atom is 0.266 e. The first-order valence-electron chi connectivity index (χ1n) is 8.66. The molecule has 0 unspecified atom stereocenters. The van der Waals surface area contributed by atoms with Gasteiger partial charge < -0.3 is 4.74 Å². The molecule has 0 spiro atoms. The number of rotatable bonds is 5. The third-order valence-electron chi connectivity index (χ3n) is 3.88. The predicted octanol–water partition coefficient (Wildman–Crippen LogP) is 5.61. The fourth-order valence-electron chi connectivity index (χ4n) is 2.63. The second-order valence-corrected chi connectivity index (χ2v) is 8.01. The van der Waals surface area contributed by atoms with Gasteiger partial charge in [-0.2, -0.15) is 0 Å². The first kappa shape index (κ1) is 19.5. The number of amides is 1. The summed E-state index contributed by atoms with van der Waals surface area (Å²) in [5, 5.41) is 1.34. The number of aliphatic imine (C=N–C) groups is 1. The molecule has 0 saturated carbocycles. The number of benzene rings is 2. The minimum Gasteiger partial charge on any atom is -0.497 e. The molecule has 27 heavy (non-hydrogen) atoms. The maximum atomic E-state index is 13.0. The zero-order valence-corrected chi connectivity index (χ0v) is 17.1. The second kappa shape index (κ2) is 8.63. The van der Waals surface area contributed by atoms with Crippen molar-refractivity contribution in [2.24, 2.45) is 10.9 Å². The average molecular weight is 401 g/mol. The fraction of sp³-hybridized carbons (Fsp3) is 0.238. The zero-order valence-electron chi connectivity index (χ0n) is 15.5. The van der Waals surface area contributed by atoms with Gasteiger partial charge in [0, 0.05) is 11.6 Å². The van der Waals surface area contributed by atoms with Crippen LogP contribution in [0, 0.1) is 5.92 Å². The number of ether oxygens (including phenoxy) is 1. The predicted molar refractivity (Wildman–Crippen MR) is 114 cm³/mol. The Morgan fingerprint density at radius 3 is 2.63 bits per heavy atom. The van der Waals surface area contributed by atoms with E-state index in [2.05, 4.69) is 18.8 Å². The highest BCUT2D eigenvalue weighted by Gasteiger charge is 2.33. The molecule has 0 aliphatic carbocycles. The number of thioether (sulfide) groups is 1. The lowest BCUT2D eigenvalue weighted by molar-refractivity contribution is -0.122. The van der Waals surface area contributed by atoms with Gasteiger partial charge in [-0.1, -0.05) is 37.6 Å². The Morgan fingerprint density at radius 1 is 1.22 bits per heavy atom. The van der Waals surface area contributed by atoms with E-state index in [4.69, 9.17) is 16.3 Å². The lowest BCUT2D eigenvalue weighted by Crippen LogP contribution is -2.32. The van der Waals surface area contributed by atoms with Crippen molar-refractivity contribution < 1.29 is 9.53 Å². The standard InChI is InChI=1S/C21H21ClN2O2S/c1-14(2)13-24-20(25)19(12-15-5-4-6-18(11-15)26-3)27-21(24)23-17-9-7-16(22)8-10-17/h4-12,14H,13H2,1-3H3/b19-12+,23-21?. The molecule has 1 aliphatic heterocycles. The molecule has 140 valence electrons. The number of hydrogen-bond acceptors (Lipinski definition) is 4. The van der Waals surface area contributed by atoms with Crippen LogP contribution in [-0.2, 0) is 4.79 Å². The van der Waals surface area contributed by atoms with Crippen molar-refractivity contribution >= 4 is 46.2 Å². The van der Waals surface area contributed by atoms with Gasteiger partial charge in [0.25, 0.3) is 5.91 Å². The van der Waals surface area contributed by atoms with Crippen LogP contribution in [0.4, 0.5) is 5.69 Å². The van der Waals surface area contributed by atoms with Gasteiger partial charge >= 0.3 is 0 Å². The molecule has 1 saturated heterocycles. The van der Waals surface area contributed by atoms with E-state index in [0.717, 1.165) is 17.0 Å². The highest BCUT2D eigenvalue weighted by Crippen LogP contribution is 2.35. The topological polar surface area (TPSA) is 41.9 Å². The number of nitrogens with zero attached hydrogens (tertiary/aromatic N) is 2. The van der Waals surface area contributed by atoms with E-state index < -0.39 is 0 Å². The van der Waals surface area contributed by atoms with Gasteiger partial charge in [-0.05, 0) is 65.7 Å². The van der Waals surface area contributed by atoms with Crippen molar-refractivity contribution in [2.75, 3.05) is 13.7 Å². The molecule has 1 aliphatic rings. The summed E-state index contributed by atoms with van der Waals surface area (Å²) in [5.41, 5.74) is 1.69. The van der Waals surface area contributed by atoms with E-state index in [1.54, 1.807) is 24.1 Å². The number of carbonyl (C=O) groups is 1. The molecule has 4 nitrogen and oxygen atoms in total. The molecule has 2 aromatic rings. The number of hydrogen-bond donors (Lipinski definition) is 0. The van der Waals surface area contributed by atoms with Crippen LogP contribution in [0.25, 0.3) is 6.08 Å². The molecular formula is C21H21ClN2O2S. The fourth-order valence-corrected chi connectivity index (χ4v) is 3.76. The van der Waals surface area contributed by atoms with Crippen LogP contribution >= 0.6 is 23.4 Å². The molecule has 0 atom stereocenters. The van der Waals surface area contributed by atoms with E-state index in [1.807, 2.05) is 42.5 Å². The van der Waals surface area contributed by atoms with E-state index in [0.29, 0.717) is 27.6 Å². The summed E-state index contributed by atoms with van der Waals surface area (Å²) < 4.78 is 5.26. The van der Waals surface area contributed by atoms with E-state index in [9.17, 15) is 4.79 Å². The maximum absolute atomic E-state index is 13.0. The summed E-state index contributed by atoms with van der Waals surface area (Å²) in [5.74, 6) is 1.07. The summed E-state index contributed by atoms with van der Waals surface area (Å²) in [7, 11) is 1.63. The molecule has 0 bridgehead atoms. The SMILES string of the molecule is COc1cccc(/C=C2/SC(=Nc3ccc(Cl)cc3)N(CC(C)C)C2=O)c1. The largest absolute Gasteiger partial charge is 0.497 e. The van der Waals surface area contributed by atoms with Crippen LogP contribution in [0.2, 0.25) is 5.02 Å². The number of halogens is 1. The Labute approximate surface area is 168 Å². The Hall–Kier alpha value is -2.24. The average Bonchev–Trinajstić information content (AvgIpc) is 2.92. The number of carbonyl (C=O) groups excluding carboxylic acids is 1. The van der Waals surface area contributed by atoms with Crippen molar-refractivity contribution in [2.45, 2.75) is 13.8 Å². The van der Waals surface area contributed by atoms with E-state index in [1.165, 1.54) is 11.8 Å². The van der Waals surface area contributed by atoms with Gasteiger partial charge in [-0.15, -0.1) is 0 Å². The van der Waals surface area contributed by atoms with Gasteiger partial charge in [-0.3, -0.25) is 9.69 Å². The van der Waals surface area contributed by atoms with Gasteiger partial charge in [0.15, 0.2) is 5.17 Å². The van der Waals surface area contributed by atoms with Crippen LogP contribution in [0.3, 0.4) is 0 Å². The van der Waals surface area contributed by atoms with Crippen molar-refractivity contribution in [1.82, 2.24) is 4.90 Å². The van der Waals surface area contributed by atoms with Gasteiger partial charge in [0.2, 0.25) is 0 Å². The summed E-state index contributed by atoms with van der Waals surface area (Å²) in [4.78, 5) is 20.0. The summed E-state index contributed by atoms with van der Waals surface area (Å²) in [6.45, 7) is 4.79. The first-order valence-corrected chi connectivity index (χ1v) is 9.85. The number of amidine groups is 1. The molecule has 0 radical (unpaired) electrons. The van der Waals surface area contributed by atoms with Gasteiger partial charge in [-0.25, -0.2) is 4.99 Å². The molecule has 1 heterocycles. The first-order chi connectivity index (χ1) is 13.0. The smallest absolute Gasteiger partial charge is 0.266 e. The van der Waals surface area contributed by atoms with Crippen LogP contribution in [0.15, 0.2) is 58.4 Å². The van der Waals surface area contributed by atoms with Crippen LogP contribution in [0.5, 0.6) is 5.75 Å². The van der Waals surface area contributed by atoms with Crippen molar-refractivity contribution in [3.8, 4) is 5.75 Å². The van der Waals surface area contributed by atoms with Gasteiger partial charge in [0.05, 0.1) is 17.7 Å². The Morgan fingerprint density at radius 2 is 1.96 bits per heavy atom. The quantitative estimate of drug-likeness (QED) is 0.612. The molecular weight excluding hydrogens is 380 g/mol. The summed E-state index contributed by atoms with van der Waals surface area (Å²) in [6, 6.07) is 14.9. The highest BCUT2D eigenvalue weighted by molar-refractivity contribution is 8.18. The Kier molecular flexibility index (Phi) is 6.24. The summed E-state index contributed by atoms with van der Waals surface area (Å²) in [6.07, 6.45) is 1.88. The van der Waals surface area contributed by atoms with Crippen LogP contribution in [0.1, 0.15) is 19.4 Å². The van der Waals surface area contributed by atoms with Crippen LogP contribution in [-0.4, -0.2) is 29.6 Å². The van der Waals surface area contributed by atoms with Crippen molar-refractivity contribution in [3.05, 3.63) is 64.0 Å². The van der Waals surface area contributed by atoms with Gasteiger partial charge in [0.1, 0.15) is 5.75 Å². The monoisotopic (exact) mass is 400 g/mol. The molecule has 1 fully saturated rings. The minimum absolute atomic E-state index is 0.0239. The van der Waals surface area contributed by atoms with Crippen molar-refractivity contribution in [3.63, 3.8) is 0 Å². The lowest BCUT2D eigenvalue weighted by Gasteiger charge is -2.17. The lowest BCUT2D eigenvalue weighted by atomic mass is 10.2. The van der Waals surface area contributed by atoms with Crippen LogP contribution < -0.4 is 4.74 Å². The molecule has 3 rings (SSSR count). The molecule has 0 aromatic heterocycles. The Bertz CT molecular complexity index is 891. The third-order valence-corrected chi connectivity index (χ3v) is 5.14. The normalized spacial score (nSPS) is 17.4. The summed E-state index contributed by atoms with van der Waals surface area (Å²) >= 11 is 7.34.